The van der Waals surface area contributed by atoms with Gasteiger partial charge in [-0.15, -0.1) is 0 Å². The first-order chi connectivity index (χ1) is 5.47. The maximum atomic E-state index is 10.7. The van der Waals surface area contributed by atoms with E-state index >= 15 is 0 Å². The molecule has 1 rings (SSSR count). The molecule has 3 nitrogen and oxygen atoms in total. The van der Waals surface area contributed by atoms with E-state index in [2.05, 4.69) is 25.7 Å². The number of rotatable bonds is 2. The molecule has 0 amide bonds. The predicted molar refractivity (Wildman–Crippen MR) is 47.1 cm³/mol. The average molecular weight is 171 g/mol. The highest BCUT2D eigenvalue weighted by molar-refractivity contribution is 5.70. The van der Waals surface area contributed by atoms with Crippen molar-refractivity contribution >= 4 is 5.97 Å². The van der Waals surface area contributed by atoms with Crippen LogP contribution in [0.5, 0.6) is 0 Å². The fourth-order valence-corrected chi connectivity index (χ4v) is 2.03. The first-order valence-corrected chi connectivity index (χ1v) is 4.45. The minimum absolute atomic E-state index is 0.0673. The summed E-state index contributed by atoms with van der Waals surface area (Å²) in [5.74, 6) is -0.820. The molecule has 1 N–H and O–H groups in total. The summed E-state index contributed by atoms with van der Waals surface area (Å²) in [5, 5.41) is 8.83. The molecule has 1 fully saturated rings. The lowest BCUT2D eigenvalue weighted by Crippen LogP contribution is -2.37. The van der Waals surface area contributed by atoms with E-state index in [1.807, 2.05) is 0 Å². The lowest BCUT2D eigenvalue weighted by Gasteiger charge is -2.29. The summed E-state index contributed by atoms with van der Waals surface area (Å²) in [5.41, 5.74) is 0.0673. The highest BCUT2D eigenvalue weighted by atomic mass is 16.4. The maximum Gasteiger partial charge on any atom is 0.307 e. The maximum absolute atomic E-state index is 10.7. The van der Waals surface area contributed by atoms with Gasteiger partial charge in [-0.2, -0.15) is 0 Å². The van der Waals surface area contributed by atoms with Gasteiger partial charge >= 0.3 is 5.97 Å². The van der Waals surface area contributed by atoms with Crippen LogP contribution in [0.1, 0.15) is 27.2 Å². The molecule has 1 atom stereocenters. The van der Waals surface area contributed by atoms with E-state index in [9.17, 15) is 4.79 Å². The van der Waals surface area contributed by atoms with Gasteiger partial charge < -0.3 is 5.11 Å². The summed E-state index contributed by atoms with van der Waals surface area (Å²) in [7, 11) is 0. The first kappa shape index (κ1) is 9.52. The second kappa shape index (κ2) is 3.05. The molecule has 3 heteroatoms. The summed E-state index contributed by atoms with van der Waals surface area (Å²) in [6.07, 6.45) is 0.774. The zero-order valence-electron chi connectivity index (χ0n) is 8.00. The highest BCUT2D eigenvalue weighted by Crippen LogP contribution is 2.32. The Morgan fingerprint density at radius 2 is 2.25 bits per heavy atom. The standard InChI is InChI=1S/C9H17NO2/c1-4-10-6-7(8(11)12)5-9(10,2)3/h7H,4-6H2,1-3H3,(H,11,12). The molecule has 0 aromatic rings. The minimum atomic E-state index is -0.654. The third-order valence-electron chi connectivity index (χ3n) is 2.77. The third-order valence-corrected chi connectivity index (χ3v) is 2.77. The van der Waals surface area contributed by atoms with Crippen LogP contribution < -0.4 is 0 Å². The normalized spacial score (nSPS) is 29.1. The van der Waals surface area contributed by atoms with Crippen molar-refractivity contribution < 1.29 is 9.90 Å². The van der Waals surface area contributed by atoms with Gasteiger partial charge in [0, 0.05) is 12.1 Å². The molecule has 0 aromatic carbocycles. The van der Waals surface area contributed by atoms with Gasteiger partial charge in [0.1, 0.15) is 0 Å². The van der Waals surface area contributed by atoms with Crippen LogP contribution in [0.25, 0.3) is 0 Å². The number of nitrogens with zero attached hydrogens (tertiary/aromatic N) is 1. The summed E-state index contributed by atoms with van der Waals surface area (Å²) in [4.78, 5) is 13.0. The Balaban J connectivity index is 2.66. The van der Waals surface area contributed by atoms with Crippen LogP contribution in [-0.2, 0) is 4.79 Å². The molecule has 0 bridgehead atoms. The Morgan fingerprint density at radius 1 is 1.67 bits per heavy atom. The number of aliphatic carboxylic acids is 1. The van der Waals surface area contributed by atoms with E-state index < -0.39 is 5.97 Å². The smallest absolute Gasteiger partial charge is 0.307 e. The Kier molecular flexibility index (Phi) is 2.42. The van der Waals surface area contributed by atoms with Crippen LogP contribution >= 0.6 is 0 Å². The zero-order chi connectivity index (χ0) is 9.35. The molecule has 0 aromatic heterocycles. The third kappa shape index (κ3) is 1.61. The largest absolute Gasteiger partial charge is 0.481 e. The van der Waals surface area contributed by atoms with Crippen molar-refractivity contribution in [2.75, 3.05) is 13.1 Å². The van der Waals surface area contributed by atoms with Crippen LogP contribution in [0, 0.1) is 5.92 Å². The molecule has 1 aliphatic heterocycles. The van der Waals surface area contributed by atoms with Gasteiger partial charge in [-0.3, -0.25) is 9.69 Å². The lowest BCUT2D eigenvalue weighted by molar-refractivity contribution is -0.141. The molecule has 0 radical (unpaired) electrons. The second-order valence-electron chi connectivity index (χ2n) is 4.09. The molecular formula is C9H17NO2. The number of carboxylic acids is 1. The quantitative estimate of drug-likeness (QED) is 0.678. The van der Waals surface area contributed by atoms with Crippen molar-refractivity contribution in [2.24, 2.45) is 5.92 Å². The fraction of sp³-hybridized carbons (Fsp3) is 0.889. The first-order valence-electron chi connectivity index (χ1n) is 4.45. The van der Waals surface area contributed by atoms with Crippen LogP contribution in [0.3, 0.4) is 0 Å². The Hall–Kier alpha value is -0.570. The molecule has 0 saturated carbocycles. The molecule has 1 heterocycles. The van der Waals surface area contributed by atoms with E-state index in [-0.39, 0.29) is 11.5 Å². The monoisotopic (exact) mass is 171 g/mol. The van der Waals surface area contributed by atoms with Gasteiger partial charge in [-0.25, -0.2) is 0 Å². The molecule has 1 aliphatic rings. The SMILES string of the molecule is CCN1CC(C(=O)O)CC1(C)C. The minimum Gasteiger partial charge on any atom is -0.481 e. The number of likely N-dealkylation sites (tertiary alicyclic amines) is 1. The molecule has 70 valence electrons. The molecule has 0 spiro atoms. The lowest BCUT2D eigenvalue weighted by atomic mass is 9.97. The summed E-state index contributed by atoms with van der Waals surface area (Å²) in [6, 6.07) is 0. The van der Waals surface area contributed by atoms with Crippen molar-refractivity contribution in [3.63, 3.8) is 0 Å². The van der Waals surface area contributed by atoms with Crippen molar-refractivity contribution in [1.29, 1.82) is 0 Å². The topological polar surface area (TPSA) is 40.5 Å². The molecular weight excluding hydrogens is 154 g/mol. The van der Waals surface area contributed by atoms with E-state index in [1.165, 1.54) is 0 Å². The van der Waals surface area contributed by atoms with E-state index in [4.69, 9.17) is 5.11 Å². The van der Waals surface area contributed by atoms with Gasteiger partial charge in [0.25, 0.3) is 0 Å². The summed E-state index contributed by atoms with van der Waals surface area (Å²) in [6.45, 7) is 7.94. The summed E-state index contributed by atoms with van der Waals surface area (Å²) < 4.78 is 0. The summed E-state index contributed by atoms with van der Waals surface area (Å²) >= 11 is 0. The Labute approximate surface area is 73.4 Å². The van der Waals surface area contributed by atoms with Crippen molar-refractivity contribution in [2.45, 2.75) is 32.7 Å². The number of hydrogen-bond acceptors (Lipinski definition) is 2. The molecule has 0 aliphatic carbocycles. The van der Waals surface area contributed by atoms with Gasteiger partial charge in [-0.1, -0.05) is 6.92 Å². The Morgan fingerprint density at radius 3 is 2.50 bits per heavy atom. The molecule has 1 unspecified atom stereocenters. The second-order valence-corrected chi connectivity index (χ2v) is 4.09. The van der Waals surface area contributed by atoms with Crippen molar-refractivity contribution in [1.82, 2.24) is 4.90 Å². The number of carbonyl (C=O) groups is 1. The number of carboxylic acid groups (broad SMARTS) is 1. The predicted octanol–water partition coefficient (Wildman–Crippen LogP) is 1.19. The van der Waals surface area contributed by atoms with Gasteiger partial charge in [0.15, 0.2) is 0 Å². The van der Waals surface area contributed by atoms with E-state index in [0.717, 1.165) is 13.0 Å². The van der Waals surface area contributed by atoms with Gasteiger partial charge in [0.05, 0.1) is 5.92 Å². The van der Waals surface area contributed by atoms with Gasteiger partial charge in [0.2, 0.25) is 0 Å². The van der Waals surface area contributed by atoms with E-state index in [1.54, 1.807) is 0 Å². The van der Waals surface area contributed by atoms with Gasteiger partial charge in [-0.05, 0) is 26.8 Å². The average Bonchev–Trinajstić information content (AvgIpc) is 2.25. The highest BCUT2D eigenvalue weighted by Gasteiger charge is 2.40. The van der Waals surface area contributed by atoms with Crippen LogP contribution in [0.15, 0.2) is 0 Å². The van der Waals surface area contributed by atoms with Crippen molar-refractivity contribution in [3.8, 4) is 0 Å². The number of hydrogen-bond donors (Lipinski definition) is 1. The van der Waals surface area contributed by atoms with E-state index in [0.29, 0.717) is 6.54 Å². The van der Waals surface area contributed by atoms with Crippen LogP contribution in [-0.4, -0.2) is 34.6 Å². The molecule has 1 saturated heterocycles. The van der Waals surface area contributed by atoms with Crippen LogP contribution in [0.2, 0.25) is 0 Å². The Bertz CT molecular complexity index is 189. The zero-order valence-corrected chi connectivity index (χ0v) is 8.00. The van der Waals surface area contributed by atoms with Crippen LogP contribution in [0.4, 0.5) is 0 Å². The van der Waals surface area contributed by atoms with Crippen molar-refractivity contribution in [3.05, 3.63) is 0 Å². The fourth-order valence-electron chi connectivity index (χ4n) is 2.03. The molecule has 12 heavy (non-hydrogen) atoms.